The Morgan fingerprint density at radius 2 is 0.768 bits per heavy atom. The number of methoxy groups -OCH3 is 1. The average Bonchev–Trinajstić information content (AvgIpc) is 1.90. The fourth-order valence-corrected chi connectivity index (χ4v) is 8.14. The van der Waals surface area contributed by atoms with Crippen LogP contribution in [-0.2, 0) is 76.4 Å². The van der Waals surface area contributed by atoms with Gasteiger partial charge in [-0.25, -0.2) is 19.2 Å². The number of likely N-dealkylation sites (N-methyl/N-ethyl adjacent to an activating group) is 4. The Kier molecular flexibility index (Phi) is 50.4. The molecule has 0 aromatic heterocycles. The topological polar surface area (TPSA) is 391 Å². The number of rotatable bonds is 41. The Balaban J connectivity index is 0. The van der Waals surface area contributed by atoms with Crippen molar-refractivity contribution in [1.82, 2.24) is 54.7 Å². The van der Waals surface area contributed by atoms with Crippen LogP contribution in [0, 0.1) is 10.1 Å². The highest BCUT2D eigenvalue weighted by Crippen LogP contribution is 2.18. The summed E-state index contributed by atoms with van der Waals surface area (Å²) >= 11 is 0. The Hall–Kier alpha value is -9.50. The van der Waals surface area contributed by atoms with Gasteiger partial charge in [-0.05, 0) is 18.6 Å². The summed E-state index contributed by atoms with van der Waals surface area (Å²) in [6, 6.07) is 4.98. The van der Waals surface area contributed by atoms with E-state index in [2.05, 4.69) is 15.4 Å². The number of carbonyl (C=O) groups is 14. The fourth-order valence-electron chi connectivity index (χ4n) is 8.14. The molecule has 2 N–H and O–H groups in total. The number of amides is 12. The molecule has 0 spiro atoms. The van der Waals surface area contributed by atoms with Crippen molar-refractivity contribution < 1.29 is 100 Å². The zero-order chi connectivity index (χ0) is 75.4. The molecule has 1 aromatic carbocycles. The predicted octanol–water partition coefficient (Wildman–Crippen LogP) is 3.47. The van der Waals surface area contributed by atoms with E-state index in [9.17, 15) is 77.2 Å². The number of non-ortho nitro benzene ring substituents is 1. The van der Waals surface area contributed by atoms with Crippen molar-refractivity contribution in [2.75, 3.05) is 167 Å². The molecule has 0 aliphatic carbocycles. The van der Waals surface area contributed by atoms with E-state index in [-0.39, 0.29) is 118 Å². The second kappa shape index (κ2) is 54.5. The molecule has 0 radical (unpaired) electrons. The third-order valence-electron chi connectivity index (χ3n) is 14.4. The van der Waals surface area contributed by atoms with Gasteiger partial charge in [0, 0.05) is 182 Å². The highest BCUT2D eigenvalue weighted by Gasteiger charge is 2.24. The third-order valence-corrected chi connectivity index (χ3v) is 14.4. The summed E-state index contributed by atoms with van der Waals surface area (Å²) in [6.45, 7) is 21.4. The monoisotopic (exact) mass is 1410 g/mol. The molecule has 99 heavy (non-hydrogen) atoms. The second-order valence-corrected chi connectivity index (χ2v) is 21.5. The lowest BCUT2D eigenvalue weighted by Gasteiger charge is -2.25. The quantitative estimate of drug-likeness (QED) is 0.0180. The fraction of sp³-hybridized carbons (Fsp3) is 0.662. The smallest absolute Gasteiger partial charge is 0.467 e. The Labute approximate surface area is 581 Å². The molecule has 34 nitrogen and oxygen atoms in total. The lowest BCUT2D eigenvalue weighted by Crippen LogP contribution is -2.41. The van der Waals surface area contributed by atoms with Crippen molar-refractivity contribution in [2.24, 2.45) is 0 Å². The summed E-state index contributed by atoms with van der Waals surface area (Å²) in [6.07, 6.45) is 4.08. The van der Waals surface area contributed by atoms with Gasteiger partial charge in [-0.15, -0.1) is 0 Å². The molecule has 560 valence electrons. The molecular weight excluding hydrogens is 1300 g/mol. The summed E-state index contributed by atoms with van der Waals surface area (Å²) in [7, 11) is 8.07. The molecule has 1 aliphatic rings. The largest absolute Gasteiger partial charge is 0.513 e. The highest BCUT2D eigenvalue weighted by molar-refractivity contribution is 6.12. The maximum atomic E-state index is 12.0. The number of nitro benzene ring substituents is 1. The molecule has 1 aliphatic heterocycles. The van der Waals surface area contributed by atoms with Crippen LogP contribution in [0.4, 0.5) is 20.1 Å². The number of alkyl carbamates (subject to hydrolysis) is 2. The molecule has 0 unspecified atom stereocenters. The van der Waals surface area contributed by atoms with Gasteiger partial charge in [0.2, 0.25) is 47.3 Å². The number of nitrogens with zero attached hydrogens (tertiary/aromatic N) is 10. The maximum absolute atomic E-state index is 12.0. The van der Waals surface area contributed by atoms with E-state index in [1.54, 1.807) is 118 Å². The standard InChI is InChI=1S/C18H28N4O6.C18H25N3O7.C15H29N3O4.C14H26N2O5/c1-4-14(23)20(3)10-11-21(15(24)5-2)12-13-28-18(27)19-8-9-22-16(25)6-7-17(22)26;1-4-16(22)19(3)10-11-20(17(23)5-2)12-13-27-18(24)28-15-8-6-14(7-9-15)21(25)26;1-5-8-16-15(21)22-12-11-18(14(20)7-3)10-9-17(4)13(19)6-2;1-5-12(17)15(3)7-8-16(13(18)6-2)9-10-21-11-14(19)20-4/h6-7H,4-5,8-13H2,1-3H3,(H,19,27);6-9H,4-5,10-13H2,1-3H3;5-12H2,1-4H3,(H,16,21);5-11H2,1-4H3. The van der Waals surface area contributed by atoms with E-state index in [1.807, 2.05) is 6.92 Å². The van der Waals surface area contributed by atoms with Crippen LogP contribution in [0.15, 0.2) is 36.4 Å². The van der Waals surface area contributed by atoms with Gasteiger partial charge < -0.3 is 78.3 Å². The second-order valence-electron chi connectivity index (χ2n) is 21.5. The van der Waals surface area contributed by atoms with Crippen LogP contribution in [0.2, 0.25) is 0 Å². The van der Waals surface area contributed by atoms with Gasteiger partial charge in [0.1, 0.15) is 32.2 Å². The van der Waals surface area contributed by atoms with Crippen LogP contribution < -0.4 is 15.4 Å². The molecule has 1 heterocycles. The molecule has 0 saturated heterocycles. The Morgan fingerprint density at radius 3 is 1.08 bits per heavy atom. The van der Waals surface area contributed by atoms with Crippen LogP contribution in [0.1, 0.15) is 120 Å². The molecule has 2 rings (SSSR count). The molecule has 0 bridgehead atoms. The maximum Gasteiger partial charge on any atom is 0.513 e. The minimum absolute atomic E-state index is 0.00554. The minimum atomic E-state index is -0.976. The summed E-state index contributed by atoms with van der Waals surface area (Å²) in [5.41, 5.74) is -0.124. The molecule has 0 saturated carbocycles. The molecule has 0 atom stereocenters. The van der Waals surface area contributed by atoms with E-state index in [0.717, 1.165) is 11.3 Å². The van der Waals surface area contributed by atoms with Gasteiger partial charge in [-0.2, -0.15) is 0 Å². The number of ether oxygens (including phenoxy) is 6. The van der Waals surface area contributed by atoms with Crippen molar-refractivity contribution >= 4 is 89.1 Å². The zero-order valence-electron chi connectivity index (χ0n) is 60.4. The predicted molar refractivity (Wildman–Crippen MR) is 362 cm³/mol. The van der Waals surface area contributed by atoms with Gasteiger partial charge in [-0.3, -0.25) is 63.0 Å². The van der Waals surface area contributed by atoms with E-state index in [0.29, 0.717) is 123 Å². The molecular formula is C65H108N12O22. The number of imide groups is 1. The normalized spacial score (nSPS) is 10.9. The Bertz CT molecular complexity index is 2720. The van der Waals surface area contributed by atoms with Crippen molar-refractivity contribution in [3.8, 4) is 5.75 Å². The SMILES string of the molecule is CCC(=O)N(C)CCN(CCOC(=O)NCCN1C(=O)C=CC1=O)C(=O)CC.CCC(=O)N(C)CCN(CCOC(=O)Oc1ccc([N+](=O)[O-])cc1)C(=O)CC.CCC(=O)N(C)CCN(CCOCC(=O)OC)C(=O)CC.CCCNC(=O)OCCN(CCN(C)C(=O)CC)C(=O)CC. The first-order chi connectivity index (χ1) is 47.0. The summed E-state index contributed by atoms with van der Waals surface area (Å²) in [5, 5.41) is 15.6. The summed E-state index contributed by atoms with van der Waals surface area (Å²) < 4.78 is 29.5. The number of benzene rings is 1. The number of esters is 1. The van der Waals surface area contributed by atoms with Gasteiger partial charge in [0.05, 0.1) is 38.3 Å². The Morgan fingerprint density at radius 1 is 0.444 bits per heavy atom. The first kappa shape index (κ1) is 91.6. The van der Waals surface area contributed by atoms with Gasteiger partial charge in [0.15, 0.2) is 0 Å². The summed E-state index contributed by atoms with van der Waals surface area (Å²) in [5.74, 6) is -1.36. The lowest BCUT2D eigenvalue weighted by atomic mass is 10.3. The summed E-state index contributed by atoms with van der Waals surface area (Å²) in [4.78, 5) is 186. The van der Waals surface area contributed by atoms with E-state index < -0.39 is 41.0 Å². The van der Waals surface area contributed by atoms with Crippen molar-refractivity contribution in [3.63, 3.8) is 0 Å². The van der Waals surface area contributed by atoms with Crippen LogP contribution in [0.3, 0.4) is 0 Å². The number of nitro groups is 1. The minimum Gasteiger partial charge on any atom is -0.467 e. The van der Waals surface area contributed by atoms with Crippen LogP contribution >= 0.6 is 0 Å². The van der Waals surface area contributed by atoms with E-state index in [4.69, 9.17) is 23.7 Å². The average molecular weight is 1410 g/mol. The first-order valence-electron chi connectivity index (χ1n) is 33.1. The number of carbonyl (C=O) groups excluding carboxylic acids is 14. The van der Waals surface area contributed by atoms with Gasteiger partial charge >= 0.3 is 24.3 Å². The molecule has 34 heteroatoms. The molecule has 1 aromatic rings. The zero-order valence-corrected chi connectivity index (χ0v) is 60.4. The third kappa shape index (κ3) is 41.4. The van der Waals surface area contributed by atoms with Crippen molar-refractivity contribution in [2.45, 2.75) is 120 Å². The van der Waals surface area contributed by atoms with E-state index >= 15 is 0 Å². The van der Waals surface area contributed by atoms with Crippen LogP contribution in [0.25, 0.3) is 0 Å². The van der Waals surface area contributed by atoms with E-state index in [1.165, 1.54) is 48.4 Å². The molecule has 0 fully saturated rings. The number of hydrogen-bond donors (Lipinski definition) is 2. The van der Waals surface area contributed by atoms with Crippen molar-refractivity contribution in [1.29, 1.82) is 0 Å². The highest BCUT2D eigenvalue weighted by atomic mass is 16.7. The van der Waals surface area contributed by atoms with Crippen LogP contribution in [-0.4, -0.2) is 299 Å². The van der Waals surface area contributed by atoms with Crippen molar-refractivity contribution in [3.05, 3.63) is 46.5 Å². The number of hydrogen-bond acceptors (Lipinski definition) is 22. The van der Waals surface area contributed by atoms with Gasteiger partial charge in [0.25, 0.3) is 17.5 Å². The molecule has 12 amide bonds. The van der Waals surface area contributed by atoms with Crippen LogP contribution in [0.5, 0.6) is 5.75 Å². The number of nitrogens with one attached hydrogen (secondary N) is 2. The van der Waals surface area contributed by atoms with Gasteiger partial charge in [-0.1, -0.05) is 62.3 Å². The lowest BCUT2D eigenvalue weighted by molar-refractivity contribution is -0.384. The first-order valence-corrected chi connectivity index (χ1v) is 33.1.